The fourth-order valence-corrected chi connectivity index (χ4v) is 4.57. The number of halogens is 3. The van der Waals surface area contributed by atoms with Crippen molar-refractivity contribution in [2.24, 2.45) is 13.0 Å². The van der Waals surface area contributed by atoms with Gasteiger partial charge in [0.1, 0.15) is 5.75 Å². The molecular formula is C28H26F3N5O. The van der Waals surface area contributed by atoms with Gasteiger partial charge < -0.3 is 14.6 Å². The minimum atomic E-state index is -4.19. The maximum atomic E-state index is 12.7. The maximum absolute atomic E-state index is 12.7. The molecule has 9 heteroatoms. The summed E-state index contributed by atoms with van der Waals surface area (Å²) in [6, 6.07) is 13.3. The summed E-state index contributed by atoms with van der Waals surface area (Å²) in [6.45, 7) is 0.259. The molecule has 0 bridgehead atoms. The highest BCUT2D eigenvalue weighted by Gasteiger charge is 2.34. The lowest BCUT2D eigenvalue weighted by atomic mass is 10.1. The first kappa shape index (κ1) is 24.7. The van der Waals surface area contributed by atoms with Crippen LogP contribution in [-0.4, -0.2) is 51.9 Å². The Morgan fingerprint density at radius 3 is 2.78 bits per heavy atom. The molecule has 1 aliphatic rings. The summed E-state index contributed by atoms with van der Waals surface area (Å²) in [5, 5.41) is 4.11. The molecule has 3 heterocycles. The summed E-state index contributed by atoms with van der Waals surface area (Å²) in [4.78, 5) is 10.5. The fourth-order valence-electron chi connectivity index (χ4n) is 4.57. The summed E-state index contributed by atoms with van der Waals surface area (Å²) < 4.78 is 46.3. The van der Waals surface area contributed by atoms with Crippen LogP contribution in [0.3, 0.4) is 0 Å². The molecular weight excluding hydrogens is 479 g/mol. The van der Waals surface area contributed by atoms with E-state index in [9.17, 15) is 13.2 Å². The predicted molar refractivity (Wildman–Crippen MR) is 138 cm³/mol. The molecule has 2 aromatic carbocycles. The number of fused-ring (bicyclic) bond motifs is 1. The Hall–Kier alpha value is -4.03. The van der Waals surface area contributed by atoms with Crippen LogP contribution in [0, 0.1) is 18.3 Å². The Labute approximate surface area is 213 Å². The third-order valence-corrected chi connectivity index (χ3v) is 6.33. The van der Waals surface area contributed by atoms with Crippen molar-refractivity contribution < 1.29 is 17.9 Å². The van der Waals surface area contributed by atoms with Gasteiger partial charge in [0, 0.05) is 60.8 Å². The summed E-state index contributed by atoms with van der Waals surface area (Å²) in [5.41, 5.74) is 4.20. The summed E-state index contributed by atoms with van der Waals surface area (Å²) in [7, 11) is 1.95. The van der Waals surface area contributed by atoms with Crippen LogP contribution >= 0.6 is 0 Å². The average molecular weight is 506 g/mol. The second kappa shape index (κ2) is 10.1. The van der Waals surface area contributed by atoms with Gasteiger partial charge in [0.25, 0.3) is 0 Å². The number of likely N-dealkylation sites (tertiary alicyclic amines) is 1. The van der Waals surface area contributed by atoms with Gasteiger partial charge in [-0.25, -0.2) is 9.97 Å². The molecule has 1 fully saturated rings. The number of nitrogens with one attached hydrogen (secondary N) is 1. The van der Waals surface area contributed by atoms with Crippen LogP contribution in [0.4, 0.5) is 24.8 Å². The van der Waals surface area contributed by atoms with Gasteiger partial charge in [-0.1, -0.05) is 5.92 Å². The third-order valence-electron chi connectivity index (χ3n) is 6.33. The number of hydrogen-bond donors (Lipinski definition) is 1. The Balaban J connectivity index is 1.35. The van der Waals surface area contributed by atoms with E-state index < -0.39 is 12.7 Å². The lowest BCUT2D eigenvalue weighted by molar-refractivity contribution is -0.143. The molecule has 0 spiro atoms. The van der Waals surface area contributed by atoms with Crippen molar-refractivity contribution in [1.82, 2.24) is 19.4 Å². The lowest BCUT2D eigenvalue weighted by Gasteiger charge is -2.18. The highest BCUT2D eigenvalue weighted by atomic mass is 19.4. The first-order valence-electron chi connectivity index (χ1n) is 11.9. The number of rotatable bonds is 7. The molecule has 0 unspecified atom stereocenters. The van der Waals surface area contributed by atoms with Crippen molar-refractivity contribution in [3.63, 3.8) is 0 Å². The topological polar surface area (TPSA) is 55.2 Å². The van der Waals surface area contributed by atoms with Gasteiger partial charge in [-0.3, -0.25) is 4.90 Å². The first-order chi connectivity index (χ1) is 17.7. The van der Waals surface area contributed by atoms with E-state index in [0.29, 0.717) is 37.8 Å². The van der Waals surface area contributed by atoms with Gasteiger partial charge in [-0.05, 0) is 60.5 Å². The van der Waals surface area contributed by atoms with Crippen LogP contribution in [0.15, 0.2) is 61.1 Å². The quantitative estimate of drug-likeness (QED) is 0.330. The monoisotopic (exact) mass is 505 g/mol. The number of terminal acetylenes is 1. The molecule has 0 saturated carbocycles. The van der Waals surface area contributed by atoms with E-state index in [1.165, 1.54) is 4.90 Å². The molecule has 0 aliphatic carbocycles. The van der Waals surface area contributed by atoms with Gasteiger partial charge in [-0.2, -0.15) is 13.2 Å². The summed E-state index contributed by atoms with van der Waals surface area (Å²) >= 11 is 0. The zero-order valence-electron chi connectivity index (χ0n) is 20.3. The van der Waals surface area contributed by atoms with Gasteiger partial charge >= 0.3 is 6.18 Å². The predicted octanol–water partition coefficient (Wildman–Crippen LogP) is 5.62. The van der Waals surface area contributed by atoms with Crippen LogP contribution in [0.1, 0.15) is 12.0 Å². The molecule has 1 atom stereocenters. The minimum Gasteiger partial charge on any atom is -0.493 e. The number of aromatic nitrogens is 3. The number of anilines is 2. The largest absolute Gasteiger partial charge is 0.493 e. The zero-order chi connectivity index (χ0) is 26.0. The van der Waals surface area contributed by atoms with Crippen LogP contribution in [0.5, 0.6) is 5.75 Å². The van der Waals surface area contributed by atoms with Crippen LogP contribution in [0.2, 0.25) is 0 Å². The molecule has 6 nitrogen and oxygen atoms in total. The standard InChI is InChI=1S/C28H26F3N5O/c1-3-19-4-5-26-23(10-19)14-32-27(34-26)33-24-11-22(21-7-8-35(2)16-21)12-25(13-24)37-17-20-6-9-36(15-20)18-28(29,30)31/h1,4-5,7-8,10-14,16,20H,6,9,15,17-18H2,2H3,(H,32,33,34)/t20-/m0/s1. The van der Waals surface area contributed by atoms with Gasteiger partial charge in [-0.15, -0.1) is 6.42 Å². The normalized spacial score (nSPS) is 16.1. The maximum Gasteiger partial charge on any atom is 0.401 e. The van der Waals surface area contributed by atoms with E-state index in [1.807, 2.05) is 66.5 Å². The highest BCUT2D eigenvalue weighted by molar-refractivity contribution is 5.81. The molecule has 0 radical (unpaired) electrons. The van der Waals surface area contributed by atoms with E-state index in [0.717, 1.165) is 33.3 Å². The molecule has 2 aromatic heterocycles. The van der Waals surface area contributed by atoms with Crippen molar-refractivity contribution in [3.8, 4) is 29.2 Å². The van der Waals surface area contributed by atoms with Gasteiger partial charge in [0.2, 0.25) is 5.95 Å². The SMILES string of the molecule is C#Cc1ccc2nc(Nc3cc(OC[C@H]4CCN(CC(F)(F)F)C4)cc(-c4ccn(C)c4)c3)ncc2c1. The highest BCUT2D eigenvalue weighted by Crippen LogP contribution is 2.31. The number of alkyl halides is 3. The summed E-state index contributed by atoms with van der Waals surface area (Å²) in [6.07, 6.45) is 7.65. The molecule has 1 N–H and O–H groups in total. The zero-order valence-corrected chi connectivity index (χ0v) is 20.3. The lowest BCUT2D eigenvalue weighted by Crippen LogP contribution is -2.32. The second-order valence-electron chi connectivity index (χ2n) is 9.36. The Morgan fingerprint density at radius 1 is 1.16 bits per heavy atom. The minimum absolute atomic E-state index is 0.0378. The molecule has 4 aromatic rings. The number of benzene rings is 2. The van der Waals surface area contributed by atoms with Crippen LogP contribution in [0.25, 0.3) is 22.0 Å². The number of nitrogens with zero attached hydrogens (tertiary/aromatic N) is 4. The van der Waals surface area contributed by atoms with Crippen molar-refractivity contribution in [2.45, 2.75) is 12.6 Å². The number of hydrogen-bond acceptors (Lipinski definition) is 5. The molecule has 1 saturated heterocycles. The average Bonchev–Trinajstić information content (AvgIpc) is 3.50. The smallest absolute Gasteiger partial charge is 0.401 e. The molecule has 1 aliphatic heterocycles. The van der Waals surface area contributed by atoms with E-state index in [2.05, 4.69) is 21.2 Å². The molecule has 37 heavy (non-hydrogen) atoms. The van der Waals surface area contributed by atoms with Gasteiger partial charge in [0.15, 0.2) is 0 Å². The Morgan fingerprint density at radius 2 is 2.03 bits per heavy atom. The van der Waals surface area contributed by atoms with Gasteiger partial charge in [0.05, 0.1) is 18.7 Å². The Bertz CT molecular complexity index is 1460. The number of aryl methyl sites for hydroxylation is 1. The first-order valence-corrected chi connectivity index (χ1v) is 11.9. The van der Waals surface area contributed by atoms with Crippen molar-refractivity contribution in [3.05, 3.63) is 66.6 Å². The Kier molecular flexibility index (Phi) is 6.76. The summed E-state index contributed by atoms with van der Waals surface area (Å²) in [5.74, 6) is 3.70. The van der Waals surface area contributed by atoms with Crippen molar-refractivity contribution >= 4 is 22.5 Å². The van der Waals surface area contributed by atoms with E-state index in [1.54, 1.807) is 6.20 Å². The molecule has 190 valence electrons. The van der Waals surface area contributed by atoms with Crippen molar-refractivity contribution in [2.75, 3.05) is 31.6 Å². The van der Waals surface area contributed by atoms with E-state index in [-0.39, 0.29) is 5.92 Å². The van der Waals surface area contributed by atoms with Crippen LogP contribution < -0.4 is 10.1 Å². The van der Waals surface area contributed by atoms with E-state index >= 15 is 0 Å². The molecule has 0 amide bonds. The molecule has 5 rings (SSSR count). The second-order valence-corrected chi connectivity index (χ2v) is 9.36. The number of ether oxygens (including phenoxy) is 1. The van der Waals surface area contributed by atoms with E-state index in [4.69, 9.17) is 11.2 Å². The third kappa shape index (κ3) is 6.22. The van der Waals surface area contributed by atoms with Crippen molar-refractivity contribution in [1.29, 1.82) is 0 Å². The van der Waals surface area contributed by atoms with Crippen LogP contribution in [-0.2, 0) is 7.05 Å². The fraction of sp³-hybridized carbons (Fsp3) is 0.286.